The zero-order valence-corrected chi connectivity index (χ0v) is 20.1. The average molecular weight is 451 g/mol. The highest BCUT2D eigenvalue weighted by molar-refractivity contribution is 5.98. The van der Waals surface area contributed by atoms with E-state index < -0.39 is 0 Å². The molecule has 1 aliphatic carbocycles. The van der Waals surface area contributed by atoms with Crippen LogP contribution in [0.3, 0.4) is 0 Å². The summed E-state index contributed by atoms with van der Waals surface area (Å²) < 4.78 is 0. The molecule has 4 aromatic rings. The van der Waals surface area contributed by atoms with Crippen molar-refractivity contribution in [2.75, 3.05) is 27.7 Å². The number of nitrogens with one attached hydrogen (secondary N) is 1. The first-order valence-corrected chi connectivity index (χ1v) is 12.1. The lowest BCUT2D eigenvalue weighted by Crippen LogP contribution is -2.33. The van der Waals surface area contributed by atoms with Crippen LogP contribution in [0.15, 0.2) is 54.9 Å². The molecule has 0 unspecified atom stereocenters. The molecule has 0 fully saturated rings. The standard InChI is InChI=1S/C29H30N4O/c1-32(2)29(34)19-9-7-18(8-10-19)26-15-31-28-25(26)13-23(14-30-28)22-11-20-5-4-6-21-16-33(3)17-24(12-22)27(20)21/h7-15,21H,4-6,16-17H2,1-3H3,(H,30,31)/t21-/m1/s1. The largest absolute Gasteiger partial charge is 0.346 e. The normalized spacial score (nSPS) is 17.6. The number of aromatic amines is 1. The summed E-state index contributed by atoms with van der Waals surface area (Å²) in [4.78, 5) is 24.4. The van der Waals surface area contributed by atoms with E-state index in [1.54, 1.807) is 24.6 Å². The van der Waals surface area contributed by atoms with E-state index in [9.17, 15) is 4.79 Å². The molecule has 0 bridgehead atoms. The topological polar surface area (TPSA) is 52.2 Å². The van der Waals surface area contributed by atoms with E-state index in [1.165, 1.54) is 42.5 Å². The third-order valence-electron chi connectivity index (χ3n) is 7.44. The zero-order valence-electron chi connectivity index (χ0n) is 20.1. The molecule has 1 N–H and O–H groups in total. The lowest BCUT2D eigenvalue weighted by atomic mass is 9.76. The predicted octanol–water partition coefficient (Wildman–Crippen LogP) is 5.46. The van der Waals surface area contributed by atoms with Crippen molar-refractivity contribution < 1.29 is 4.79 Å². The van der Waals surface area contributed by atoms with E-state index in [4.69, 9.17) is 4.98 Å². The molecule has 6 rings (SSSR count). The molecule has 0 saturated heterocycles. The quantitative estimate of drug-likeness (QED) is 0.451. The van der Waals surface area contributed by atoms with Crippen LogP contribution in [-0.4, -0.2) is 53.4 Å². The molecule has 5 nitrogen and oxygen atoms in total. The van der Waals surface area contributed by atoms with Crippen molar-refractivity contribution in [2.24, 2.45) is 0 Å². The summed E-state index contributed by atoms with van der Waals surface area (Å²) in [6, 6.07) is 14.9. The molecule has 34 heavy (non-hydrogen) atoms. The number of fused-ring (bicyclic) bond motifs is 1. The molecule has 1 atom stereocenters. The summed E-state index contributed by atoms with van der Waals surface area (Å²) in [5.41, 5.74) is 10.8. The van der Waals surface area contributed by atoms with Gasteiger partial charge in [0.05, 0.1) is 0 Å². The Morgan fingerprint density at radius 3 is 2.65 bits per heavy atom. The van der Waals surface area contributed by atoms with Crippen molar-refractivity contribution in [1.82, 2.24) is 19.8 Å². The predicted molar refractivity (Wildman–Crippen MR) is 137 cm³/mol. The van der Waals surface area contributed by atoms with Crippen LogP contribution in [0, 0.1) is 0 Å². The van der Waals surface area contributed by atoms with Crippen LogP contribution < -0.4 is 0 Å². The Morgan fingerprint density at radius 1 is 1.06 bits per heavy atom. The smallest absolute Gasteiger partial charge is 0.253 e. The van der Waals surface area contributed by atoms with Crippen molar-refractivity contribution in [3.05, 3.63) is 77.1 Å². The maximum absolute atomic E-state index is 12.3. The average Bonchev–Trinajstić information content (AvgIpc) is 3.26. The van der Waals surface area contributed by atoms with Crippen LogP contribution >= 0.6 is 0 Å². The van der Waals surface area contributed by atoms with Crippen LogP contribution in [0.25, 0.3) is 33.3 Å². The summed E-state index contributed by atoms with van der Waals surface area (Å²) in [5, 5.41) is 1.10. The second-order valence-corrected chi connectivity index (χ2v) is 10.1. The van der Waals surface area contributed by atoms with Crippen LogP contribution in [0.2, 0.25) is 0 Å². The lowest BCUT2D eigenvalue weighted by Gasteiger charge is -2.37. The van der Waals surface area contributed by atoms with Gasteiger partial charge in [-0.05, 0) is 84.3 Å². The molecule has 2 aromatic carbocycles. The Kier molecular flexibility index (Phi) is 5.03. The number of hydrogen-bond acceptors (Lipinski definition) is 3. The van der Waals surface area contributed by atoms with Gasteiger partial charge in [0.15, 0.2) is 0 Å². The number of carbonyl (C=O) groups is 1. The van der Waals surface area contributed by atoms with E-state index >= 15 is 0 Å². The first kappa shape index (κ1) is 21.1. The number of nitrogens with zero attached hydrogens (tertiary/aromatic N) is 3. The van der Waals surface area contributed by atoms with E-state index in [1.807, 2.05) is 36.7 Å². The minimum absolute atomic E-state index is 0.0127. The fourth-order valence-corrected chi connectivity index (χ4v) is 5.86. The van der Waals surface area contributed by atoms with Gasteiger partial charge in [-0.2, -0.15) is 0 Å². The second-order valence-electron chi connectivity index (χ2n) is 10.1. The van der Waals surface area contributed by atoms with Gasteiger partial charge >= 0.3 is 0 Å². The van der Waals surface area contributed by atoms with E-state index in [0.717, 1.165) is 34.3 Å². The summed E-state index contributed by atoms with van der Waals surface area (Å²) in [6.07, 6.45) is 7.77. The Hall–Kier alpha value is -3.44. The molecule has 1 amide bonds. The molecule has 1 aliphatic heterocycles. The highest BCUT2D eigenvalue weighted by Gasteiger charge is 2.29. The Bertz CT molecular complexity index is 1400. The third kappa shape index (κ3) is 3.51. The Labute approximate surface area is 200 Å². The van der Waals surface area contributed by atoms with Gasteiger partial charge < -0.3 is 14.8 Å². The van der Waals surface area contributed by atoms with Crippen molar-refractivity contribution in [1.29, 1.82) is 0 Å². The number of aryl methyl sites for hydroxylation is 1. The minimum atomic E-state index is 0.0127. The molecule has 172 valence electrons. The van der Waals surface area contributed by atoms with Crippen LogP contribution in [0.1, 0.15) is 45.8 Å². The number of carbonyl (C=O) groups excluding carboxylic acids is 1. The maximum atomic E-state index is 12.3. The summed E-state index contributed by atoms with van der Waals surface area (Å²) >= 11 is 0. The minimum Gasteiger partial charge on any atom is -0.346 e. The van der Waals surface area contributed by atoms with Crippen molar-refractivity contribution >= 4 is 16.9 Å². The molecule has 0 radical (unpaired) electrons. The van der Waals surface area contributed by atoms with Gasteiger partial charge in [0, 0.05) is 61.7 Å². The van der Waals surface area contributed by atoms with E-state index in [2.05, 4.69) is 35.1 Å². The number of rotatable bonds is 3. The summed E-state index contributed by atoms with van der Waals surface area (Å²) in [7, 11) is 5.79. The van der Waals surface area contributed by atoms with Gasteiger partial charge in [0.2, 0.25) is 0 Å². The molecule has 2 aliphatic rings. The van der Waals surface area contributed by atoms with E-state index in [-0.39, 0.29) is 5.91 Å². The number of pyridine rings is 1. The van der Waals surface area contributed by atoms with Crippen LogP contribution in [0.5, 0.6) is 0 Å². The van der Waals surface area contributed by atoms with E-state index in [0.29, 0.717) is 11.5 Å². The van der Waals surface area contributed by atoms with Crippen molar-refractivity contribution in [3.8, 4) is 22.3 Å². The highest BCUT2D eigenvalue weighted by Crippen LogP contribution is 2.41. The van der Waals surface area contributed by atoms with Crippen LogP contribution in [0.4, 0.5) is 0 Å². The zero-order chi connectivity index (χ0) is 23.4. The second kappa shape index (κ2) is 8.10. The SMILES string of the molecule is CN1Cc2cc(-c3cnc4[nH]cc(-c5ccc(C(=O)N(C)C)cc5)c4c3)cc3c2[C@H](CCC3)C1. The maximum Gasteiger partial charge on any atom is 0.253 e. The number of benzene rings is 2. The van der Waals surface area contributed by atoms with Gasteiger partial charge in [-0.25, -0.2) is 4.98 Å². The fraction of sp³-hybridized carbons (Fsp3) is 0.310. The molecular weight excluding hydrogens is 420 g/mol. The van der Waals surface area contributed by atoms with Gasteiger partial charge in [0.1, 0.15) is 5.65 Å². The monoisotopic (exact) mass is 450 g/mol. The van der Waals surface area contributed by atoms with Crippen LogP contribution in [-0.2, 0) is 13.0 Å². The summed E-state index contributed by atoms with van der Waals surface area (Å²) in [5.74, 6) is 0.699. The first-order chi connectivity index (χ1) is 16.5. The molecule has 3 heterocycles. The number of hydrogen-bond donors (Lipinski definition) is 1. The first-order valence-electron chi connectivity index (χ1n) is 12.1. The van der Waals surface area contributed by atoms with Gasteiger partial charge in [0.25, 0.3) is 5.91 Å². The van der Waals surface area contributed by atoms with Gasteiger partial charge in [-0.15, -0.1) is 0 Å². The fourth-order valence-electron chi connectivity index (χ4n) is 5.86. The molecule has 2 aromatic heterocycles. The molecule has 0 saturated carbocycles. The Balaban J connectivity index is 1.41. The Morgan fingerprint density at radius 2 is 1.85 bits per heavy atom. The summed E-state index contributed by atoms with van der Waals surface area (Å²) in [6.45, 7) is 2.20. The number of H-pyrrole nitrogens is 1. The van der Waals surface area contributed by atoms with Gasteiger partial charge in [-0.3, -0.25) is 4.79 Å². The lowest BCUT2D eigenvalue weighted by molar-refractivity contribution is 0.0827. The van der Waals surface area contributed by atoms with Crippen molar-refractivity contribution in [2.45, 2.75) is 31.7 Å². The number of aromatic nitrogens is 2. The number of likely N-dealkylation sites (N-methyl/N-ethyl adjacent to an activating group) is 1. The number of amides is 1. The molecule has 5 heteroatoms. The highest BCUT2D eigenvalue weighted by atomic mass is 16.2. The molecule has 0 spiro atoms. The third-order valence-corrected chi connectivity index (χ3v) is 7.44. The van der Waals surface area contributed by atoms with Gasteiger partial charge in [-0.1, -0.05) is 18.2 Å². The van der Waals surface area contributed by atoms with Crippen molar-refractivity contribution in [3.63, 3.8) is 0 Å². The molecular formula is C29H30N4O.